The smallest absolute Gasteiger partial charge is 0.482 e. The van der Waals surface area contributed by atoms with Gasteiger partial charge in [-0.2, -0.15) is 0 Å². The van der Waals surface area contributed by atoms with Crippen LogP contribution in [0, 0.1) is 0 Å². The summed E-state index contributed by atoms with van der Waals surface area (Å²) in [4.78, 5) is 0. The average Bonchev–Trinajstić information content (AvgIpc) is 1.97. The minimum atomic E-state index is 0. The highest BCUT2D eigenvalue weighted by molar-refractivity contribution is 6.13. The highest BCUT2D eigenvalue weighted by Gasteiger charge is 1.82. The van der Waals surface area contributed by atoms with Crippen LogP contribution in [0.1, 0.15) is 0 Å². The fourth-order valence-electron chi connectivity index (χ4n) is 0.474. The van der Waals surface area contributed by atoms with Crippen LogP contribution in [0.3, 0.4) is 0 Å². The standard InChI is InChI=1S/C6H7NO.BH2O2/c7-5-1-3-6(8)4-2-5;2-1-3/h1-4,8H,7H2;2-3H. The molecule has 0 amide bonds. The lowest BCUT2D eigenvalue weighted by Gasteiger charge is -1.89. The van der Waals surface area contributed by atoms with Crippen LogP contribution in [0.4, 0.5) is 5.69 Å². The van der Waals surface area contributed by atoms with Gasteiger partial charge in [-0.15, -0.1) is 0 Å². The number of benzene rings is 1. The molecule has 0 aliphatic carbocycles. The van der Waals surface area contributed by atoms with Crippen LogP contribution in [0.2, 0.25) is 0 Å². The van der Waals surface area contributed by atoms with Gasteiger partial charge in [0.2, 0.25) is 0 Å². The fraction of sp³-hybridized carbons (Fsp3) is 0. The zero-order valence-corrected chi connectivity index (χ0v) is 5.81. The van der Waals surface area contributed by atoms with Gasteiger partial charge < -0.3 is 20.9 Å². The van der Waals surface area contributed by atoms with Gasteiger partial charge in [-0.1, -0.05) is 0 Å². The highest BCUT2D eigenvalue weighted by Crippen LogP contribution is 2.09. The third-order valence-corrected chi connectivity index (χ3v) is 0.893. The minimum Gasteiger partial charge on any atom is -0.508 e. The summed E-state index contributed by atoms with van der Waals surface area (Å²) in [5.41, 5.74) is 5.98. The van der Waals surface area contributed by atoms with Crippen molar-refractivity contribution in [2.24, 2.45) is 0 Å². The van der Waals surface area contributed by atoms with E-state index in [4.69, 9.17) is 20.9 Å². The molecule has 0 unspecified atom stereocenters. The van der Waals surface area contributed by atoms with E-state index < -0.39 is 0 Å². The molecule has 5 N–H and O–H groups in total. The normalized spacial score (nSPS) is 7.82. The Morgan fingerprint density at radius 3 is 1.73 bits per heavy atom. The van der Waals surface area contributed by atoms with Crippen molar-refractivity contribution in [3.05, 3.63) is 24.3 Å². The van der Waals surface area contributed by atoms with Gasteiger partial charge in [0.05, 0.1) is 0 Å². The van der Waals surface area contributed by atoms with Crippen molar-refractivity contribution in [3.8, 4) is 5.75 Å². The van der Waals surface area contributed by atoms with Gasteiger partial charge >= 0.3 is 7.69 Å². The Hall–Kier alpha value is -1.20. The Kier molecular flexibility index (Phi) is 4.97. The number of rotatable bonds is 0. The van der Waals surface area contributed by atoms with E-state index in [1.807, 2.05) is 0 Å². The molecular formula is C6H9BNO3. The van der Waals surface area contributed by atoms with Crippen molar-refractivity contribution < 1.29 is 15.2 Å². The summed E-state index contributed by atoms with van der Waals surface area (Å²) in [6.07, 6.45) is 0. The molecule has 0 aromatic heterocycles. The van der Waals surface area contributed by atoms with E-state index in [1.165, 1.54) is 0 Å². The monoisotopic (exact) mass is 154 g/mol. The first kappa shape index (κ1) is 9.80. The Morgan fingerprint density at radius 1 is 1.09 bits per heavy atom. The summed E-state index contributed by atoms with van der Waals surface area (Å²) >= 11 is 0. The summed E-state index contributed by atoms with van der Waals surface area (Å²) in [7, 11) is 0. The molecule has 0 aliphatic heterocycles. The number of phenolic OH excluding ortho intramolecular Hbond substituents is 1. The van der Waals surface area contributed by atoms with Crippen molar-refractivity contribution in [1.29, 1.82) is 0 Å². The number of hydrogen-bond acceptors (Lipinski definition) is 4. The maximum atomic E-state index is 8.70. The van der Waals surface area contributed by atoms with Gasteiger partial charge in [-0.25, -0.2) is 0 Å². The summed E-state index contributed by atoms with van der Waals surface area (Å²) in [6, 6.07) is 6.40. The first-order valence-corrected chi connectivity index (χ1v) is 2.85. The average molecular weight is 154 g/mol. The zero-order valence-electron chi connectivity index (χ0n) is 5.81. The predicted molar refractivity (Wildman–Crippen MR) is 42.7 cm³/mol. The minimum absolute atomic E-state index is 0. The largest absolute Gasteiger partial charge is 0.508 e. The van der Waals surface area contributed by atoms with E-state index in [2.05, 4.69) is 0 Å². The summed E-state index contributed by atoms with van der Waals surface area (Å²) in [6.45, 7) is 0. The third-order valence-electron chi connectivity index (χ3n) is 0.893. The molecule has 0 heterocycles. The van der Waals surface area contributed by atoms with Crippen molar-refractivity contribution in [2.75, 3.05) is 5.73 Å². The van der Waals surface area contributed by atoms with Gasteiger partial charge in [-0.3, -0.25) is 0 Å². The summed E-state index contributed by atoms with van der Waals surface area (Å²) < 4.78 is 0. The van der Waals surface area contributed by atoms with Gasteiger partial charge in [-0.05, 0) is 24.3 Å². The topological polar surface area (TPSA) is 86.7 Å². The van der Waals surface area contributed by atoms with Crippen LogP contribution < -0.4 is 5.73 Å². The van der Waals surface area contributed by atoms with Crippen molar-refractivity contribution in [1.82, 2.24) is 0 Å². The molecule has 0 spiro atoms. The molecule has 59 valence electrons. The third kappa shape index (κ3) is 5.26. The quantitative estimate of drug-likeness (QED) is 0.230. The Labute approximate surface area is 65.2 Å². The van der Waals surface area contributed by atoms with Crippen molar-refractivity contribution >= 4 is 13.4 Å². The van der Waals surface area contributed by atoms with Gasteiger partial charge in [0.25, 0.3) is 0 Å². The molecule has 0 aliphatic rings. The van der Waals surface area contributed by atoms with Crippen LogP contribution in [0.15, 0.2) is 24.3 Å². The molecule has 4 nitrogen and oxygen atoms in total. The Bertz CT molecular complexity index is 169. The highest BCUT2D eigenvalue weighted by atomic mass is 16.4. The van der Waals surface area contributed by atoms with Gasteiger partial charge in [0, 0.05) is 5.69 Å². The first-order chi connectivity index (χ1) is 5.20. The zero-order chi connectivity index (χ0) is 8.69. The van der Waals surface area contributed by atoms with Crippen LogP contribution in [0.25, 0.3) is 0 Å². The second-order valence-electron chi connectivity index (χ2n) is 1.71. The first-order valence-electron chi connectivity index (χ1n) is 2.85. The van der Waals surface area contributed by atoms with Crippen molar-refractivity contribution in [3.63, 3.8) is 0 Å². The van der Waals surface area contributed by atoms with Crippen LogP contribution in [-0.2, 0) is 0 Å². The number of hydrogen-bond donors (Lipinski definition) is 4. The molecule has 0 atom stereocenters. The molecule has 0 bridgehead atoms. The fourth-order valence-corrected chi connectivity index (χ4v) is 0.474. The van der Waals surface area contributed by atoms with Crippen LogP contribution in [-0.4, -0.2) is 22.8 Å². The molecule has 0 fully saturated rings. The summed E-state index contributed by atoms with van der Waals surface area (Å²) in [5, 5.41) is 22.7. The predicted octanol–water partition coefficient (Wildman–Crippen LogP) is -0.520. The van der Waals surface area contributed by atoms with E-state index in [0.717, 1.165) is 0 Å². The molecule has 5 heteroatoms. The molecule has 1 rings (SSSR count). The van der Waals surface area contributed by atoms with Crippen molar-refractivity contribution in [2.45, 2.75) is 0 Å². The number of nitrogen functional groups attached to an aromatic ring is 1. The van der Waals surface area contributed by atoms with Crippen LogP contribution in [0.5, 0.6) is 5.75 Å². The molecule has 1 radical (unpaired) electrons. The molecule has 11 heavy (non-hydrogen) atoms. The molecule has 1 aromatic carbocycles. The van der Waals surface area contributed by atoms with E-state index in [-0.39, 0.29) is 13.4 Å². The lowest BCUT2D eigenvalue weighted by Crippen LogP contribution is -1.80. The van der Waals surface area contributed by atoms with Crippen LogP contribution >= 0.6 is 0 Å². The molecule has 1 aromatic rings. The molecular weight excluding hydrogens is 145 g/mol. The SMILES string of the molecule is Nc1ccc(O)cc1.O[B]O. The second kappa shape index (κ2) is 5.58. The van der Waals surface area contributed by atoms with E-state index in [0.29, 0.717) is 5.69 Å². The van der Waals surface area contributed by atoms with E-state index in [9.17, 15) is 0 Å². The Morgan fingerprint density at radius 2 is 1.45 bits per heavy atom. The molecule has 0 saturated heterocycles. The number of phenols is 1. The lowest BCUT2D eigenvalue weighted by molar-refractivity contribution is 0.448. The van der Waals surface area contributed by atoms with Gasteiger partial charge in [0.1, 0.15) is 5.75 Å². The van der Waals surface area contributed by atoms with E-state index in [1.54, 1.807) is 24.3 Å². The lowest BCUT2D eigenvalue weighted by atomic mass is 10.3. The Balaban J connectivity index is 0.000000292. The summed E-state index contributed by atoms with van der Waals surface area (Å²) in [5.74, 6) is 0.249. The maximum absolute atomic E-state index is 8.70. The number of anilines is 1. The van der Waals surface area contributed by atoms with E-state index >= 15 is 0 Å². The maximum Gasteiger partial charge on any atom is 0.482 e. The molecule has 0 saturated carbocycles. The van der Waals surface area contributed by atoms with Gasteiger partial charge in [0.15, 0.2) is 0 Å². The number of nitrogens with two attached hydrogens (primary N) is 1. The second-order valence-corrected chi connectivity index (χ2v) is 1.71. The number of aromatic hydroxyl groups is 1.